The SMILES string of the molecule is CC[C@H](C)[C@H](CO)N1C(=O)[C@@H]2[C@H]3C(=O)OCCC/C=C\[C@@]3(CC)O[C@@]23C=CCN(c2cc(C)ccc2C)C(=O)C13. The molecule has 4 aliphatic rings. The van der Waals surface area contributed by atoms with E-state index in [9.17, 15) is 19.5 Å². The highest BCUT2D eigenvalue weighted by molar-refractivity contribution is 6.06. The maximum atomic E-state index is 14.8. The van der Waals surface area contributed by atoms with Crippen molar-refractivity contribution in [3.8, 4) is 0 Å². The van der Waals surface area contributed by atoms with Crippen molar-refractivity contribution in [2.45, 2.75) is 83.6 Å². The summed E-state index contributed by atoms with van der Waals surface area (Å²) in [7, 11) is 0. The van der Waals surface area contributed by atoms with E-state index in [0.717, 1.165) is 23.2 Å². The number of rotatable bonds is 6. The van der Waals surface area contributed by atoms with Crippen molar-refractivity contribution >= 4 is 23.5 Å². The number of hydrogen-bond acceptors (Lipinski definition) is 6. The molecule has 2 saturated heterocycles. The maximum absolute atomic E-state index is 14.8. The lowest BCUT2D eigenvalue weighted by atomic mass is 9.73. The number of likely N-dealkylation sites (tertiary alicyclic amines) is 1. The molecule has 4 heterocycles. The second-order valence-electron chi connectivity index (χ2n) is 11.9. The number of aryl methyl sites for hydroxylation is 2. The molecule has 1 aromatic carbocycles. The predicted octanol–water partition coefficient (Wildman–Crippen LogP) is 3.87. The minimum absolute atomic E-state index is 0.0812. The standard InChI is InChI=1S/C32H42N2O6/c1-6-21(4)24(19-35)34-27-29(37)33(23-18-20(3)12-13-22(23)5)16-11-15-32(27)25(28(34)36)26-30(38)39-17-10-8-9-14-31(26,7-2)40-32/h9,11-15,18,21,24-27,35H,6-8,10,16-17,19H2,1-5H3/b14-9-/t21-,24-,25-,26-,27?,31+,32-/m0/s1. The number of fused-ring (bicyclic) bond motifs is 2. The number of esters is 1. The van der Waals surface area contributed by atoms with Crippen LogP contribution in [0.2, 0.25) is 0 Å². The molecular weight excluding hydrogens is 508 g/mol. The zero-order valence-electron chi connectivity index (χ0n) is 24.3. The minimum Gasteiger partial charge on any atom is -0.465 e. The molecule has 1 N–H and O–H groups in total. The van der Waals surface area contributed by atoms with Crippen LogP contribution >= 0.6 is 0 Å². The van der Waals surface area contributed by atoms with Crippen molar-refractivity contribution in [2.24, 2.45) is 17.8 Å². The van der Waals surface area contributed by atoms with Gasteiger partial charge in [0.1, 0.15) is 23.2 Å². The molecule has 5 rings (SSSR count). The van der Waals surface area contributed by atoms with E-state index in [1.165, 1.54) is 0 Å². The number of hydrogen-bond donors (Lipinski definition) is 1. The lowest BCUT2D eigenvalue weighted by molar-refractivity contribution is -0.161. The number of allylic oxidation sites excluding steroid dienone is 1. The number of ether oxygens (including phenoxy) is 2. The van der Waals surface area contributed by atoms with E-state index >= 15 is 0 Å². The monoisotopic (exact) mass is 550 g/mol. The Kier molecular flexibility index (Phi) is 7.70. The highest BCUT2D eigenvalue weighted by Crippen LogP contribution is 2.59. The Bertz CT molecular complexity index is 1240. The number of nitrogens with zero attached hydrogens (tertiary/aromatic N) is 2. The predicted molar refractivity (Wildman–Crippen MR) is 152 cm³/mol. The summed E-state index contributed by atoms with van der Waals surface area (Å²) in [5, 5.41) is 10.6. The van der Waals surface area contributed by atoms with Crippen molar-refractivity contribution < 1.29 is 29.0 Å². The number of benzene rings is 1. The Morgan fingerprint density at radius 3 is 2.55 bits per heavy atom. The molecule has 2 fully saturated rings. The summed E-state index contributed by atoms with van der Waals surface area (Å²) in [5.41, 5.74) is 0.266. The fraction of sp³-hybridized carbons (Fsp3) is 0.594. The number of aliphatic hydroxyl groups excluding tert-OH is 1. The van der Waals surface area contributed by atoms with Gasteiger partial charge in [0, 0.05) is 12.2 Å². The Morgan fingerprint density at radius 2 is 1.85 bits per heavy atom. The van der Waals surface area contributed by atoms with Gasteiger partial charge in [0.2, 0.25) is 5.91 Å². The number of amides is 2. The molecule has 0 aliphatic carbocycles. The zero-order chi connectivity index (χ0) is 28.8. The molecule has 1 aromatic rings. The van der Waals surface area contributed by atoms with Crippen LogP contribution in [0.25, 0.3) is 0 Å². The van der Waals surface area contributed by atoms with Gasteiger partial charge in [-0.25, -0.2) is 0 Å². The molecule has 8 heteroatoms. The van der Waals surface area contributed by atoms with Crippen molar-refractivity contribution in [1.29, 1.82) is 0 Å². The molecule has 0 bridgehead atoms. The molecule has 0 radical (unpaired) electrons. The number of carbonyl (C=O) groups excluding carboxylic acids is 3. The van der Waals surface area contributed by atoms with Gasteiger partial charge in [-0.05, 0) is 56.2 Å². The normalized spacial score (nSPS) is 34.1. The van der Waals surface area contributed by atoms with Gasteiger partial charge >= 0.3 is 5.97 Å². The Labute approximate surface area is 237 Å². The van der Waals surface area contributed by atoms with Crippen LogP contribution in [0.5, 0.6) is 0 Å². The van der Waals surface area contributed by atoms with Crippen LogP contribution in [0.1, 0.15) is 57.6 Å². The summed E-state index contributed by atoms with van der Waals surface area (Å²) >= 11 is 0. The van der Waals surface area contributed by atoms with E-state index in [2.05, 4.69) is 0 Å². The van der Waals surface area contributed by atoms with Crippen LogP contribution in [0, 0.1) is 31.6 Å². The highest BCUT2D eigenvalue weighted by atomic mass is 16.6. The molecule has 0 aromatic heterocycles. The summed E-state index contributed by atoms with van der Waals surface area (Å²) in [4.78, 5) is 46.4. The average molecular weight is 551 g/mol. The molecular formula is C32H42N2O6. The van der Waals surface area contributed by atoms with Crippen LogP contribution in [0.4, 0.5) is 5.69 Å². The smallest absolute Gasteiger partial charge is 0.313 e. The van der Waals surface area contributed by atoms with Crippen LogP contribution in [0.3, 0.4) is 0 Å². The summed E-state index contributed by atoms with van der Waals surface area (Å²) in [6, 6.07) is 4.32. The average Bonchev–Trinajstić information content (AvgIpc) is 3.32. The lowest BCUT2D eigenvalue weighted by Crippen LogP contribution is -2.60. The number of anilines is 1. The van der Waals surface area contributed by atoms with E-state index in [1.54, 1.807) is 9.80 Å². The van der Waals surface area contributed by atoms with Crippen LogP contribution in [-0.2, 0) is 23.9 Å². The Balaban J connectivity index is 1.73. The van der Waals surface area contributed by atoms with E-state index in [4.69, 9.17) is 9.47 Å². The first-order valence-electron chi connectivity index (χ1n) is 14.7. The first-order valence-corrected chi connectivity index (χ1v) is 14.7. The molecule has 8 nitrogen and oxygen atoms in total. The van der Waals surface area contributed by atoms with Gasteiger partial charge in [0.05, 0.1) is 25.2 Å². The fourth-order valence-corrected chi connectivity index (χ4v) is 7.21. The summed E-state index contributed by atoms with van der Waals surface area (Å²) < 4.78 is 12.7. The number of carbonyl (C=O) groups is 3. The summed E-state index contributed by atoms with van der Waals surface area (Å²) in [5.74, 6) is -3.02. The van der Waals surface area contributed by atoms with Gasteiger partial charge < -0.3 is 24.4 Å². The van der Waals surface area contributed by atoms with Gasteiger partial charge in [-0.3, -0.25) is 14.4 Å². The van der Waals surface area contributed by atoms with E-state index in [1.807, 2.05) is 77.1 Å². The van der Waals surface area contributed by atoms with Crippen LogP contribution in [-0.4, -0.2) is 70.8 Å². The van der Waals surface area contributed by atoms with Crippen molar-refractivity contribution in [3.05, 3.63) is 53.6 Å². The summed E-state index contributed by atoms with van der Waals surface area (Å²) in [6.07, 6.45) is 10.2. The lowest BCUT2D eigenvalue weighted by Gasteiger charge is -2.42. The van der Waals surface area contributed by atoms with Gasteiger partial charge in [-0.1, -0.05) is 63.6 Å². The topological polar surface area (TPSA) is 96.4 Å². The molecule has 1 unspecified atom stereocenters. The second kappa shape index (κ2) is 10.8. The van der Waals surface area contributed by atoms with Gasteiger partial charge in [0.15, 0.2) is 0 Å². The molecule has 2 amide bonds. The van der Waals surface area contributed by atoms with Gasteiger partial charge in [0.25, 0.3) is 5.91 Å². The Hall–Kier alpha value is -2.97. The molecule has 40 heavy (non-hydrogen) atoms. The molecule has 0 saturated carbocycles. The van der Waals surface area contributed by atoms with Gasteiger partial charge in [-0.2, -0.15) is 0 Å². The highest BCUT2D eigenvalue weighted by Gasteiger charge is 2.76. The van der Waals surface area contributed by atoms with Crippen molar-refractivity contribution in [2.75, 3.05) is 24.7 Å². The third-order valence-corrected chi connectivity index (χ3v) is 9.57. The van der Waals surface area contributed by atoms with Crippen LogP contribution < -0.4 is 4.90 Å². The number of aliphatic hydroxyl groups is 1. The third-order valence-electron chi connectivity index (χ3n) is 9.57. The van der Waals surface area contributed by atoms with E-state index in [0.29, 0.717) is 25.8 Å². The second-order valence-corrected chi connectivity index (χ2v) is 11.9. The largest absolute Gasteiger partial charge is 0.465 e. The molecule has 7 atom stereocenters. The molecule has 4 aliphatic heterocycles. The Morgan fingerprint density at radius 1 is 1.07 bits per heavy atom. The first-order chi connectivity index (χ1) is 19.2. The quantitative estimate of drug-likeness (QED) is 0.427. The van der Waals surface area contributed by atoms with Gasteiger partial charge in [-0.15, -0.1) is 0 Å². The van der Waals surface area contributed by atoms with Crippen LogP contribution in [0.15, 0.2) is 42.5 Å². The molecule has 1 spiro atoms. The van der Waals surface area contributed by atoms with E-state index in [-0.39, 0.29) is 30.9 Å². The number of cyclic esters (lactones) is 1. The molecule has 216 valence electrons. The third kappa shape index (κ3) is 4.22. The first kappa shape index (κ1) is 28.6. The van der Waals surface area contributed by atoms with Crippen molar-refractivity contribution in [1.82, 2.24) is 4.90 Å². The maximum Gasteiger partial charge on any atom is 0.313 e. The fourth-order valence-electron chi connectivity index (χ4n) is 7.21. The van der Waals surface area contributed by atoms with E-state index < -0.39 is 41.1 Å². The van der Waals surface area contributed by atoms with Crippen molar-refractivity contribution in [3.63, 3.8) is 0 Å². The zero-order valence-corrected chi connectivity index (χ0v) is 24.3. The minimum atomic E-state index is -1.38. The summed E-state index contributed by atoms with van der Waals surface area (Å²) in [6.45, 7) is 10.1.